The number of hydrogen-bond donors (Lipinski definition) is 1. The van der Waals surface area contributed by atoms with Crippen molar-refractivity contribution in [3.63, 3.8) is 0 Å². The van der Waals surface area contributed by atoms with Crippen molar-refractivity contribution < 1.29 is 0 Å². The minimum absolute atomic E-state index is 0.243. The van der Waals surface area contributed by atoms with Crippen LogP contribution in [0.1, 0.15) is 12.5 Å². The summed E-state index contributed by atoms with van der Waals surface area (Å²) >= 11 is 0. The van der Waals surface area contributed by atoms with Gasteiger partial charge in [0.1, 0.15) is 11.4 Å². The van der Waals surface area contributed by atoms with Gasteiger partial charge >= 0.3 is 0 Å². The predicted molar refractivity (Wildman–Crippen MR) is 101 cm³/mol. The summed E-state index contributed by atoms with van der Waals surface area (Å²) in [6.45, 7) is 5.19. The van der Waals surface area contributed by atoms with E-state index in [4.69, 9.17) is 0 Å². The topological polar surface area (TPSA) is 27.6 Å². The van der Waals surface area contributed by atoms with E-state index in [2.05, 4.69) is 90.7 Å². The van der Waals surface area contributed by atoms with Crippen molar-refractivity contribution in [2.24, 2.45) is 4.99 Å². The fraction of sp³-hybridized carbons (Fsp3) is 0.250. The molecule has 24 heavy (non-hydrogen) atoms. The van der Waals surface area contributed by atoms with Crippen molar-refractivity contribution in [3.05, 3.63) is 71.7 Å². The Morgan fingerprint density at radius 3 is 2.54 bits per heavy atom. The van der Waals surface area contributed by atoms with Crippen molar-refractivity contribution in [3.8, 4) is 0 Å². The van der Waals surface area contributed by atoms with E-state index >= 15 is 0 Å². The van der Waals surface area contributed by atoms with E-state index in [1.807, 2.05) is 6.34 Å². The highest BCUT2D eigenvalue weighted by Gasteiger charge is 2.51. The highest BCUT2D eigenvalue weighted by atomic mass is 15.6. The van der Waals surface area contributed by atoms with Gasteiger partial charge in [0.2, 0.25) is 5.82 Å². The Morgan fingerprint density at radius 2 is 1.79 bits per heavy atom. The molecule has 0 saturated heterocycles. The third-order valence-electron chi connectivity index (χ3n) is 5.33. The number of rotatable bonds is 2. The van der Waals surface area contributed by atoms with E-state index < -0.39 is 0 Å². The maximum absolute atomic E-state index is 4.47. The molecule has 0 aliphatic carbocycles. The molecule has 4 rings (SSSR count). The van der Waals surface area contributed by atoms with Crippen molar-refractivity contribution in [1.82, 2.24) is 9.80 Å². The molecule has 2 aliphatic rings. The van der Waals surface area contributed by atoms with Gasteiger partial charge in [0, 0.05) is 18.2 Å². The van der Waals surface area contributed by atoms with Crippen LogP contribution in [0, 0.1) is 6.92 Å². The van der Waals surface area contributed by atoms with Gasteiger partial charge in [0.05, 0.1) is 19.9 Å². The van der Waals surface area contributed by atoms with Crippen LogP contribution >= 0.6 is 0 Å². The first-order valence-electron chi connectivity index (χ1n) is 8.39. The number of anilines is 1. The molecule has 0 aromatic heterocycles. The zero-order valence-corrected chi connectivity index (χ0v) is 14.4. The zero-order valence-electron chi connectivity index (χ0n) is 14.4. The number of aliphatic imine (C=N–C) groups is 1. The van der Waals surface area contributed by atoms with E-state index in [1.54, 1.807) is 0 Å². The smallest absolute Gasteiger partial charge is 0.235 e. The molecule has 0 radical (unpaired) electrons. The van der Waals surface area contributed by atoms with Crippen molar-refractivity contribution in [2.45, 2.75) is 20.0 Å². The predicted octanol–water partition coefficient (Wildman–Crippen LogP) is 3.60. The second kappa shape index (κ2) is 5.49. The zero-order chi connectivity index (χ0) is 16.7. The average molecular weight is 319 g/mol. The highest BCUT2D eigenvalue weighted by Crippen LogP contribution is 2.43. The summed E-state index contributed by atoms with van der Waals surface area (Å²) in [5.41, 5.74) is 5.09. The van der Waals surface area contributed by atoms with Crippen LogP contribution in [0.15, 0.2) is 71.1 Å². The maximum Gasteiger partial charge on any atom is 0.235 e. The molecule has 2 aromatic carbocycles. The number of aryl methyl sites for hydroxylation is 1. The monoisotopic (exact) mass is 319 g/mol. The molecular weight excluding hydrogens is 296 g/mol. The second-order valence-corrected chi connectivity index (χ2v) is 6.61. The van der Waals surface area contributed by atoms with E-state index in [1.165, 1.54) is 28.5 Å². The van der Waals surface area contributed by atoms with Crippen LogP contribution < -0.4 is 14.7 Å². The summed E-state index contributed by atoms with van der Waals surface area (Å²) in [4.78, 5) is 6.89. The lowest BCUT2D eigenvalue weighted by Gasteiger charge is -2.38. The summed E-state index contributed by atoms with van der Waals surface area (Å²) in [6, 6.07) is 19.3. The molecule has 4 nitrogen and oxygen atoms in total. The Morgan fingerprint density at radius 1 is 1.08 bits per heavy atom. The molecule has 122 valence electrons. The molecule has 2 atom stereocenters. The Bertz CT molecular complexity index is 825. The van der Waals surface area contributed by atoms with Crippen molar-refractivity contribution >= 4 is 17.7 Å². The minimum Gasteiger partial charge on any atom is -0.300 e. The van der Waals surface area contributed by atoms with Crippen LogP contribution in [0.4, 0.5) is 11.4 Å². The fourth-order valence-corrected chi connectivity index (χ4v) is 4.00. The Labute approximate surface area is 143 Å². The van der Waals surface area contributed by atoms with Crippen LogP contribution in [0.25, 0.3) is 0 Å². The van der Waals surface area contributed by atoms with Crippen LogP contribution in [0.3, 0.4) is 0 Å². The van der Waals surface area contributed by atoms with E-state index in [-0.39, 0.29) is 6.17 Å². The third-order valence-corrected chi connectivity index (χ3v) is 5.33. The molecule has 4 heteroatoms. The Balaban J connectivity index is 1.90. The van der Waals surface area contributed by atoms with Gasteiger partial charge in [-0.15, -0.1) is 0 Å². The van der Waals surface area contributed by atoms with Crippen molar-refractivity contribution in [2.75, 3.05) is 18.5 Å². The number of nitrogens with one attached hydrogen (secondary N) is 1. The second-order valence-electron chi connectivity index (χ2n) is 6.61. The van der Waals surface area contributed by atoms with Crippen molar-refractivity contribution in [1.29, 1.82) is 0 Å². The minimum atomic E-state index is 0.243. The van der Waals surface area contributed by atoms with Crippen LogP contribution in [0.2, 0.25) is 0 Å². The first-order chi connectivity index (χ1) is 11.6. The van der Waals surface area contributed by atoms with Gasteiger partial charge < -0.3 is 0 Å². The molecule has 0 fully saturated rings. The van der Waals surface area contributed by atoms with E-state index in [0.717, 1.165) is 4.48 Å². The summed E-state index contributed by atoms with van der Waals surface area (Å²) < 4.78 is 0.725. The number of hydrogen-bond acceptors (Lipinski definition) is 3. The van der Waals surface area contributed by atoms with Crippen LogP contribution in [0.5, 0.6) is 0 Å². The number of benzene rings is 2. The maximum atomic E-state index is 4.47. The largest absolute Gasteiger partial charge is 0.300 e. The molecule has 0 spiro atoms. The summed E-state index contributed by atoms with van der Waals surface area (Å²) in [6.07, 6.45) is 2.07. The van der Waals surface area contributed by atoms with Crippen LogP contribution in [-0.2, 0) is 0 Å². The van der Waals surface area contributed by atoms with Gasteiger partial charge in [-0.2, -0.15) is 0 Å². The number of para-hydroxylation sites is 2. The summed E-state index contributed by atoms with van der Waals surface area (Å²) in [5.74, 6) is 1.22. The molecule has 2 heterocycles. The average Bonchev–Trinajstić information content (AvgIpc) is 2.85. The van der Waals surface area contributed by atoms with Gasteiger partial charge in [-0.25, -0.2) is 4.48 Å². The first kappa shape index (κ1) is 15.0. The summed E-state index contributed by atoms with van der Waals surface area (Å²) in [5, 5.41) is 3.45. The molecular formula is C20H23N4+. The Hall–Kier alpha value is -2.59. The molecule has 0 bridgehead atoms. The molecule has 2 unspecified atom stereocenters. The quantitative estimate of drug-likeness (QED) is 0.857. The van der Waals surface area contributed by atoms with E-state index in [0.29, 0.717) is 6.54 Å². The number of quaternary nitrogens is 1. The van der Waals surface area contributed by atoms with Crippen LogP contribution in [-0.4, -0.2) is 26.1 Å². The van der Waals surface area contributed by atoms with Gasteiger partial charge in [-0.1, -0.05) is 36.4 Å². The van der Waals surface area contributed by atoms with E-state index in [9.17, 15) is 0 Å². The third kappa shape index (κ3) is 2.00. The molecule has 2 aliphatic heterocycles. The van der Waals surface area contributed by atoms with Gasteiger partial charge in [0.15, 0.2) is 6.17 Å². The normalized spacial score (nSPS) is 25.6. The lowest BCUT2D eigenvalue weighted by molar-refractivity contribution is 0.339. The first-order valence-corrected chi connectivity index (χ1v) is 8.39. The lowest BCUT2D eigenvalue weighted by atomic mass is 10.1. The standard InChI is InChI=1S/C20H23N4/c1-15-9-7-8-12-19(15)24(3)16(2)23(17-10-5-4-6-11-17)18-13-21-14-22-20(18)24/h4-12,14,16H,13H2,1-3H3,(H,21,22)/q+1. The highest BCUT2D eigenvalue weighted by molar-refractivity contribution is 5.71. The Kier molecular flexibility index (Phi) is 3.43. The fourth-order valence-electron chi connectivity index (χ4n) is 4.00. The number of nitrogens with zero attached hydrogens (tertiary/aromatic N) is 3. The molecule has 0 saturated carbocycles. The SMILES string of the molecule is Cc1ccccc1[N+]1(C)C2=C(CN=CN2)N(c2ccccc2)C1C. The molecule has 1 N–H and O–H groups in total. The van der Waals surface area contributed by atoms with Gasteiger partial charge in [0.25, 0.3) is 0 Å². The molecule has 2 aromatic rings. The summed E-state index contributed by atoms with van der Waals surface area (Å²) in [7, 11) is 2.29. The molecule has 0 amide bonds. The lowest BCUT2D eigenvalue weighted by Crippen LogP contribution is -2.55. The van der Waals surface area contributed by atoms with Gasteiger partial charge in [-0.3, -0.25) is 15.2 Å². The van der Waals surface area contributed by atoms with Gasteiger partial charge in [-0.05, 0) is 25.1 Å².